The largest absolute Gasteiger partial charge is 0.496 e. The third-order valence-corrected chi connectivity index (χ3v) is 6.96. The van der Waals surface area contributed by atoms with E-state index in [1.807, 2.05) is 29.2 Å². The van der Waals surface area contributed by atoms with E-state index in [0.717, 1.165) is 29.8 Å². The van der Waals surface area contributed by atoms with Crippen LogP contribution in [0.25, 0.3) is 5.57 Å². The van der Waals surface area contributed by atoms with Gasteiger partial charge in [-0.1, -0.05) is 42.5 Å². The summed E-state index contributed by atoms with van der Waals surface area (Å²) in [7, 11) is 1.68. The number of nitrogens with one attached hydrogen (secondary N) is 1. The van der Waals surface area contributed by atoms with Gasteiger partial charge in [0.1, 0.15) is 5.75 Å². The van der Waals surface area contributed by atoms with E-state index in [4.69, 9.17) is 4.74 Å². The molecule has 1 saturated heterocycles. The summed E-state index contributed by atoms with van der Waals surface area (Å²) in [6, 6.07) is 13.9. The third kappa shape index (κ3) is 5.11. The van der Waals surface area contributed by atoms with Crippen molar-refractivity contribution >= 4 is 17.4 Å². The van der Waals surface area contributed by atoms with E-state index in [9.17, 15) is 9.59 Å². The fourth-order valence-corrected chi connectivity index (χ4v) is 4.74. The number of ether oxygens (including phenoxy) is 1. The molecule has 33 heavy (non-hydrogen) atoms. The molecule has 2 amide bonds. The molecule has 0 spiro atoms. The van der Waals surface area contributed by atoms with Gasteiger partial charge in [0.15, 0.2) is 0 Å². The Morgan fingerprint density at radius 3 is 2.58 bits per heavy atom. The number of piperazine rings is 1. The SMILES string of the molecule is COc1ccc(CN2CCNC(=O)C2CC(=O)N2CC=C(c3ccccc3)CC2)c(C)c1C. The number of hydrogen-bond donors (Lipinski definition) is 1. The van der Waals surface area contributed by atoms with E-state index in [2.05, 4.69) is 48.3 Å². The van der Waals surface area contributed by atoms with Crippen molar-refractivity contribution in [3.05, 3.63) is 70.8 Å². The first-order valence-electron chi connectivity index (χ1n) is 11.6. The molecule has 0 saturated carbocycles. The minimum Gasteiger partial charge on any atom is -0.496 e. The van der Waals surface area contributed by atoms with Gasteiger partial charge < -0.3 is 15.0 Å². The van der Waals surface area contributed by atoms with Gasteiger partial charge in [0.2, 0.25) is 11.8 Å². The van der Waals surface area contributed by atoms with E-state index in [1.165, 1.54) is 16.7 Å². The topological polar surface area (TPSA) is 61.9 Å². The molecule has 2 aromatic carbocycles. The predicted octanol–water partition coefficient (Wildman–Crippen LogP) is 3.32. The van der Waals surface area contributed by atoms with Crippen LogP contribution in [-0.4, -0.2) is 60.9 Å². The van der Waals surface area contributed by atoms with Crippen molar-refractivity contribution in [2.45, 2.75) is 39.3 Å². The maximum absolute atomic E-state index is 13.1. The number of nitrogens with zero attached hydrogens (tertiary/aromatic N) is 2. The summed E-state index contributed by atoms with van der Waals surface area (Å²) in [5, 5.41) is 2.95. The molecular formula is C27H33N3O3. The molecular weight excluding hydrogens is 414 g/mol. The van der Waals surface area contributed by atoms with Crippen molar-refractivity contribution in [1.82, 2.24) is 15.1 Å². The van der Waals surface area contributed by atoms with Gasteiger partial charge in [0.25, 0.3) is 0 Å². The summed E-state index contributed by atoms with van der Waals surface area (Å²) >= 11 is 0. The Morgan fingerprint density at radius 1 is 1.09 bits per heavy atom. The predicted molar refractivity (Wildman–Crippen MR) is 130 cm³/mol. The van der Waals surface area contributed by atoms with Crippen LogP contribution in [0, 0.1) is 13.8 Å². The molecule has 174 valence electrons. The number of rotatable bonds is 6. The molecule has 1 unspecified atom stereocenters. The second-order valence-corrected chi connectivity index (χ2v) is 8.84. The highest BCUT2D eigenvalue weighted by Crippen LogP contribution is 2.27. The van der Waals surface area contributed by atoms with Crippen LogP contribution in [0.3, 0.4) is 0 Å². The normalized spacial score (nSPS) is 19.1. The number of methoxy groups -OCH3 is 1. The number of carbonyl (C=O) groups excluding carboxylic acids is 2. The van der Waals surface area contributed by atoms with Gasteiger partial charge in [-0.2, -0.15) is 0 Å². The van der Waals surface area contributed by atoms with E-state index in [0.29, 0.717) is 26.2 Å². The lowest BCUT2D eigenvalue weighted by molar-refractivity contribution is -0.138. The molecule has 2 heterocycles. The standard InChI is InChI=1S/C27H33N3O3/c1-19-20(2)25(33-3)10-9-23(19)18-30-16-13-28-27(32)24(30)17-26(31)29-14-11-22(12-15-29)21-7-5-4-6-8-21/h4-11,24H,12-18H2,1-3H3,(H,28,32). The Bertz CT molecular complexity index is 1050. The molecule has 6 nitrogen and oxygen atoms in total. The van der Waals surface area contributed by atoms with Crippen LogP contribution in [0.2, 0.25) is 0 Å². The van der Waals surface area contributed by atoms with Crippen LogP contribution in [0.1, 0.15) is 35.1 Å². The van der Waals surface area contributed by atoms with E-state index < -0.39 is 6.04 Å². The number of benzene rings is 2. The lowest BCUT2D eigenvalue weighted by atomic mass is 9.98. The number of amides is 2. The van der Waals surface area contributed by atoms with Gasteiger partial charge in [-0.25, -0.2) is 0 Å². The van der Waals surface area contributed by atoms with Crippen molar-refractivity contribution in [1.29, 1.82) is 0 Å². The Kier molecular flexibility index (Phi) is 7.14. The fourth-order valence-electron chi connectivity index (χ4n) is 4.74. The van der Waals surface area contributed by atoms with Gasteiger partial charge in [-0.3, -0.25) is 14.5 Å². The molecule has 1 fully saturated rings. The Balaban J connectivity index is 1.43. The van der Waals surface area contributed by atoms with E-state index >= 15 is 0 Å². The Hall–Kier alpha value is -3.12. The highest BCUT2D eigenvalue weighted by Gasteiger charge is 2.33. The van der Waals surface area contributed by atoms with E-state index in [-0.39, 0.29) is 18.2 Å². The summed E-state index contributed by atoms with van der Waals surface area (Å²) in [4.78, 5) is 29.9. The fraction of sp³-hybridized carbons (Fsp3) is 0.407. The summed E-state index contributed by atoms with van der Waals surface area (Å²) < 4.78 is 5.43. The van der Waals surface area contributed by atoms with E-state index in [1.54, 1.807) is 7.11 Å². The molecule has 0 bridgehead atoms. The minimum absolute atomic E-state index is 0.0352. The Labute approximate surface area is 196 Å². The highest BCUT2D eigenvalue weighted by atomic mass is 16.5. The molecule has 0 aliphatic carbocycles. The number of carbonyl (C=O) groups is 2. The lowest BCUT2D eigenvalue weighted by Crippen LogP contribution is -2.56. The summed E-state index contributed by atoms with van der Waals surface area (Å²) in [5.41, 5.74) is 5.93. The summed E-state index contributed by atoms with van der Waals surface area (Å²) in [5.74, 6) is 0.843. The van der Waals surface area contributed by atoms with Crippen LogP contribution in [-0.2, 0) is 16.1 Å². The molecule has 1 N–H and O–H groups in total. The first kappa shape index (κ1) is 23.1. The summed E-state index contributed by atoms with van der Waals surface area (Å²) in [6.45, 7) is 7.38. The molecule has 2 aromatic rings. The van der Waals surface area contributed by atoms with Crippen molar-refractivity contribution in [3.63, 3.8) is 0 Å². The zero-order valence-electron chi connectivity index (χ0n) is 19.8. The quantitative estimate of drug-likeness (QED) is 0.738. The second-order valence-electron chi connectivity index (χ2n) is 8.84. The average Bonchev–Trinajstić information content (AvgIpc) is 2.85. The monoisotopic (exact) mass is 447 g/mol. The first-order chi connectivity index (χ1) is 16.0. The molecule has 6 heteroatoms. The van der Waals surface area contributed by atoms with Gasteiger partial charge in [0, 0.05) is 32.7 Å². The lowest BCUT2D eigenvalue weighted by Gasteiger charge is -2.36. The minimum atomic E-state index is -0.451. The average molecular weight is 448 g/mol. The molecule has 4 rings (SSSR count). The van der Waals surface area contributed by atoms with Gasteiger partial charge >= 0.3 is 0 Å². The third-order valence-electron chi connectivity index (χ3n) is 6.96. The Morgan fingerprint density at radius 2 is 1.88 bits per heavy atom. The summed E-state index contributed by atoms with van der Waals surface area (Å²) in [6.07, 6.45) is 3.17. The maximum Gasteiger partial charge on any atom is 0.237 e. The highest BCUT2D eigenvalue weighted by molar-refractivity contribution is 5.89. The first-order valence-corrected chi connectivity index (χ1v) is 11.6. The van der Waals surface area contributed by atoms with Crippen LogP contribution in [0.5, 0.6) is 5.75 Å². The van der Waals surface area contributed by atoms with Crippen molar-refractivity contribution in [3.8, 4) is 5.75 Å². The van der Waals surface area contributed by atoms with Crippen molar-refractivity contribution < 1.29 is 14.3 Å². The molecule has 2 aliphatic rings. The van der Waals surface area contributed by atoms with Gasteiger partial charge in [0.05, 0.1) is 19.6 Å². The van der Waals surface area contributed by atoms with Gasteiger partial charge in [-0.05, 0) is 54.2 Å². The molecule has 1 atom stereocenters. The zero-order chi connectivity index (χ0) is 23.4. The zero-order valence-corrected chi connectivity index (χ0v) is 19.8. The van der Waals surface area contributed by atoms with Gasteiger partial charge in [-0.15, -0.1) is 0 Å². The van der Waals surface area contributed by atoms with Crippen LogP contribution in [0.15, 0.2) is 48.5 Å². The molecule has 0 radical (unpaired) electrons. The maximum atomic E-state index is 13.1. The smallest absolute Gasteiger partial charge is 0.237 e. The molecule has 0 aromatic heterocycles. The van der Waals surface area contributed by atoms with Crippen LogP contribution >= 0.6 is 0 Å². The number of hydrogen-bond acceptors (Lipinski definition) is 4. The van der Waals surface area contributed by atoms with Crippen LogP contribution < -0.4 is 10.1 Å². The van der Waals surface area contributed by atoms with Crippen molar-refractivity contribution in [2.75, 3.05) is 33.3 Å². The second kappa shape index (κ2) is 10.2. The molecule has 2 aliphatic heterocycles. The van der Waals surface area contributed by atoms with Crippen molar-refractivity contribution in [2.24, 2.45) is 0 Å². The van der Waals surface area contributed by atoms with Crippen LogP contribution in [0.4, 0.5) is 0 Å².